The number of aromatic nitrogens is 1. The van der Waals surface area contributed by atoms with E-state index >= 15 is 0 Å². The van der Waals surface area contributed by atoms with Crippen molar-refractivity contribution in [2.75, 3.05) is 11.9 Å². The van der Waals surface area contributed by atoms with Crippen molar-refractivity contribution in [1.82, 2.24) is 4.98 Å². The Morgan fingerprint density at radius 3 is 2.95 bits per heavy atom. The zero-order chi connectivity index (χ0) is 14.8. The number of anilines is 1. The molecule has 0 amide bonds. The first kappa shape index (κ1) is 13.8. The molecule has 0 aliphatic heterocycles. The van der Waals surface area contributed by atoms with Crippen LogP contribution in [-0.2, 0) is 0 Å². The van der Waals surface area contributed by atoms with E-state index in [0.29, 0.717) is 11.4 Å². The SMILES string of the molecule is CC1CCCC1CNc1ccnc2c([N+](=O)[O-])cccc12. The predicted octanol–water partition coefficient (Wildman–Crippen LogP) is 3.99. The van der Waals surface area contributed by atoms with Crippen LogP contribution in [0.25, 0.3) is 10.9 Å². The number of rotatable bonds is 4. The van der Waals surface area contributed by atoms with Gasteiger partial charge in [-0.2, -0.15) is 0 Å². The van der Waals surface area contributed by atoms with Gasteiger partial charge < -0.3 is 5.32 Å². The number of fused-ring (bicyclic) bond motifs is 1. The number of non-ortho nitro benzene ring substituents is 1. The Kier molecular flexibility index (Phi) is 3.73. The van der Waals surface area contributed by atoms with Gasteiger partial charge in [-0.3, -0.25) is 10.1 Å². The summed E-state index contributed by atoms with van der Waals surface area (Å²) in [4.78, 5) is 14.9. The van der Waals surface area contributed by atoms with Crippen LogP contribution in [0.4, 0.5) is 11.4 Å². The standard InChI is InChI=1S/C16H19N3O2/c1-11-4-2-5-12(11)10-18-14-8-9-17-16-13(14)6-3-7-15(16)19(20)21/h3,6-9,11-12H,2,4-5,10H2,1H3,(H,17,18). The van der Waals surface area contributed by atoms with Gasteiger partial charge in [-0.15, -0.1) is 0 Å². The van der Waals surface area contributed by atoms with Crippen LogP contribution in [0, 0.1) is 22.0 Å². The summed E-state index contributed by atoms with van der Waals surface area (Å²) in [5.74, 6) is 1.44. The summed E-state index contributed by atoms with van der Waals surface area (Å²) in [5, 5.41) is 15.4. The minimum Gasteiger partial charge on any atom is -0.384 e. The maximum absolute atomic E-state index is 11.1. The van der Waals surface area contributed by atoms with E-state index in [4.69, 9.17) is 0 Å². The smallest absolute Gasteiger partial charge is 0.295 e. The number of pyridine rings is 1. The van der Waals surface area contributed by atoms with Crippen molar-refractivity contribution in [2.24, 2.45) is 11.8 Å². The lowest BCUT2D eigenvalue weighted by atomic mass is 9.98. The monoisotopic (exact) mass is 285 g/mol. The van der Waals surface area contributed by atoms with Gasteiger partial charge in [0.2, 0.25) is 0 Å². The number of hydrogen-bond acceptors (Lipinski definition) is 4. The van der Waals surface area contributed by atoms with E-state index in [-0.39, 0.29) is 10.6 Å². The normalized spacial score (nSPS) is 21.6. The van der Waals surface area contributed by atoms with Crippen LogP contribution >= 0.6 is 0 Å². The maximum atomic E-state index is 11.1. The maximum Gasteiger partial charge on any atom is 0.295 e. The largest absolute Gasteiger partial charge is 0.384 e. The fraction of sp³-hybridized carbons (Fsp3) is 0.438. The lowest BCUT2D eigenvalue weighted by molar-refractivity contribution is -0.383. The summed E-state index contributed by atoms with van der Waals surface area (Å²) >= 11 is 0. The molecule has 1 fully saturated rings. The van der Waals surface area contributed by atoms with Gasteiger partial charge in [0.05, 0.1) is 4.92 Å². The highest BCUT2D eigenvalue weighted by atomic mass is 16.6. The molecule has 5 heteroatoms. The summed E-state index contributed by atoms with van der Waals surface area (Å²) in [6.45, 7) is 3.22. The van der Waals surface area contributed by atoms with Crippen LogP contribution in [0.5, 0.6) is 0 Å². The number of benzene rings is 1. The molecule has 21 heavy (non-hydrogen) atoms. The summed E-state index contributed by atoms with van der Waals surface area (Å²) in [7, 11) is 0. The second-order valence-electron chi connectivity index (χ2n) is 5.84. The Labute approximate surface area is 123 Å². The van der Waals surface area contributed by atoms with E-state index in [9.17, 15) is 10.1 Å². The number of nitro groups is 1. The highest BCUT2D eigenvalue weighted by Gasteiger charge is 2.23. The fourth-order valence-electron chi connectivity index (χ4n) is 3.23. The molecule has 3 rings (SSSR count). The van der Waals surface area contributed by atoms with Gasteiger partial charge in [-0.05, 0) is 24.3 Å². The molecule has 110 valence electrons. The number of nitrogens with one attached hydrogen (secondary N) is 1. The van der Waals surface area contributed by atoms with E-state index in [1.54, 1.807) is 12.3 Å². The van der Waals surface area contributed by atoms with Gasteiger partial charge in [-0.25, -0.2) is 4.98 Å². The van der Waals surface area contributed by atoms with Gasteiger partial charge in [-0.1, -0.05) is 31.9 Å². The lowest BCUT2D eigenvalue weighted by Gasteiger charge is -2.17. The molecular formula is C16H19N3O2. The Morgan fingerprint density at radius 1 is 1.38 bits per heavy atom. The van der Waals surface area contributed by atoms with Crippen LogP contribution in [0.2, 0.25) is 0 Å². The van der Waals surface area contributed by atoms with Crippen LogP contribution in [-0.4, -0.2) is 16.5 Å². The molecule has 2 atom stereocenters. The zero-order valence-corrected chi connectivity index (χ0v) is 12.1. The minimum atomic E-state index is -0.377. The third-order valence-corrected chi connectivity index (χ3v) is 4.54. The van der Waals surface area contributed by atoms with Crippen molar-refractivity contribution in [3.8, 4) is 0 Å². The summed E-state index contributed by atoms with van der Waals surface area (Å²) in [6.07, 6.45) is 5.50. The van der Waals surface area contributed by atoms with Crippen molar-refractivity contribution in [1.29, 1.82) is 0 Å². The van der Waals surface area contributed by atoms with E-state index in [1.807, 2.05) is 12.1 Å². The van der Waals surface area contributed by atoms with E-state index in [0.717, 1.165) is 23.5 Å². The van der Waals surface area contributed by atoms with Crippen molar-refractivity contribution < 1.29 is 4.92 Å². The highest BCUT2D eigenvalue weighted by molar-refractivity contribution is 5.96. The van der Waals surface area contributed by atoms with Crippen molar-refractivity contribution in [2.45, 2.75) is 26.2 Å². The minimum absolute atomic E-state index is 0.0605. The molecule has 1 aliphatic carbocycles. The molecule has 0 saturated heterocycles. The number of nitrogens with zero attached hydrogens (tertiary/aromatic N) is 2. The Balaban J connectivity index is 1.88. The lowest BCUT2D eigenvalue weighted by Crippen LogP contribution is -2.16. The quantitative estimate of drug-likeness (QED) is 0.681. The molecule has 5 nitrogen and oxygen atoms in total. The second-order valence-corrected chi connectivity index (χ2v) is 5.84. The topological polar surface area (TPSA) is 68.1 Å². The van der Waals surface area contributed by atoms with Crippen molar-refractivity contribution >= 4 is 22.3 Å². The highest BCUT2D eigenvalue weighted by Crippen LogP contribution is 2.33. The molecule has 1 saturated carbocycles. The Hall–Kier alpha value is -2.17. The van der Waals surface area contributed by atoms with Crippen molar-refractivity contribution in [3.05, 3.63) is 40.6 Å². The second kappa shape index (κ2) is 5.68. The molecule has 1 aromatic carbocycles. The predicted molar refractivity (Wildman–Crippen MR) is 83.4 cm³/mol. The zero-order valence-electron chi connectivity index (χ0n) is 12.1. The van der Waals surface area contributed by atoms with E-state index in [1.165, 1.54) is 25.3 Å². The number of nitro benzene ring substituents is 1. The fourth-order valence-corrected chi connectivity index (χ4v) is 3.23. The molecule has 2 aromatic rings. The third kappa shape index (κ3) is 2.68. The first-order valence-corrected chi connectivity index (χ1v) is 7.43. The van der Waals surface area contributed by atoms with Crippen LogP contribution in [0.15, 0.2) is 30.5 Å². The molecule has 0 bridgehead atoms. The van der Waals surface area contributed by atoms with E-state index in [2.05, 4.69) is 17.2 Å². The average molecular weight is 285 g/mol. The van der Waals surface area contributed by atoms with Gasteiger partial charge in [0, 0.05) is 29.9 Å². The van der Waals surface area contributed by atoms with Gasteiger partial charge in [0.1, 0.15) is 5.52 Å². The summed E-state index contributed by atoms with van der Waals surface area (Å²) in [6, 6.07) is 6.99. The average Bonchev–Trinajstić information content (AvgIpc) is 2.89. The molecule has 0 radical (unpaired) electrons. The van der Waals surface area contributed by atoms with Gasteiger partial charge in [0.25, 0.3) is 5.69 Å². The molecule has 2 unspecified atom stereocenters. The van der Waals surface area contributed by atoms with Crippen LogP contribution < -0.4 is 5.32 Å². The Bertz CT molecular complexity index is 672. The number of para-hydroxylation sites is 1. The van der Waals surface area contributed by atoms with Crippen LogP contribution in [0.1, 0.15) is 26.2 Å². The first-order valence-electron chi connectivity index (χ1n) is 7.43. The molecule has 1 aliphatic rings. The molecule has 0 spiro atoms. The third-order valence-electron chi connectivity index (χ3n) is 4.54. The molecule has 1 N–H and O–H groups in total. The van der Waals surface area contributed by atoms with Crippen molar-refractivity contribution in [3.63, 3.8) is 0 Å². The van der Waals surface area contributed by atoms with Crippen LogP contribution in [0.3, 0.4) is 0 Å². The molecule has 1 heterocycles. The van der Waals surface area contributed by atoms with Gasteiger partial charge >= 0.3 is 0 Å². The summed E-state index contributed by atoms with van der Waals surface area (Å²) < 4.78 is 0. The number of hydrogen-bond donors (Lipinski definition) is 1. The first-order chi connectivity index (χ1) is 10.2. The Morgan fingerprint density at radius 2 is 2.24 bits per heavy atom. The molecule has 1 aromatic heterocycles. The molecular weight excluding hydrogens is 266 g/mol. The van der Waals surface area contributed by atoms with Gasteiger partial charge in [0.15, 0.2) is 0 Å². The summed E-state index contributed by atoms with van der Waals surface area (Å²) in [5.41, 5.74) is 1.44. The van der Waals surface area contributed by atoms with E-state index < -0.39 is 0 Å².